The van der Waals surface area contributed by atoms with Crippen LogP contribution in [0.25, 0.3) is 16.9 Å². The minimum atomic E-state index is -0.501. The number of imidazole rings is 1. The monoisotopic (exact) mass is 349 g/mol. The molecule has 0 saturated carbocycles. The summed E-state index contributed by atoms with van der Waals surface area (Å²) >= 11 is 0. The molecule has 5 heteroatoms. The first kappa shape index (κ1) is 17.7. The number of carbonyl (C=O) groups is 1. The third-order valence-electron chi connectivity index (χ3n) is 4.02. The fourth-order valence-electron chi connectivity index (χ4n) is 2.80. The van der Waals surface area contributed by atoms with Crippen LogP contribution in [0.2, 0.25) is 0 Å². The van der Waals surface area contributed by atoms with Crippen LogP contribution in [0, 0.1) is 0 Å². The number of amides is 1. The minimum absolute atomic E-state index is 0.445. The molecule has 1 aromatic heterocycles. The van der Waals surface area contributed by atoms with Gasteiger partial charge in [-0.05, 0) is 32.9 Å². The molecule has 0 fully saturated rings. The van der Waals surface area contributed by atoms with E-state index in [1.165, 1.54) is 7.11 Å². The van der Waals surface area contributed by atoms with E-state index in [0.29, 0.717) is 5.95 Å². The molecule has 2 aromatic carbocycles. The van der Waals surface area contributed by atoms with E-state index in [2.05, 4.69) is 0 Å². The summed E-state index contributed by atoms with van der Waals surface area (Å²) in [6.07, 6.45) is 1.50. The number of hydrogen-bond acceptors (Lipinski definition) is 3. The van der Waals surface area contributed by atoms with Gasteiger partial charge in [0.25, 0.3) is 0 Å². The van der Waals surface area contributed by atoms with Crippen LogP contribution in [-0.2, 0) is 4.74 Å². The number of methoxy groups -OCH3 is 1. The first-order chi connectivity index (χ1) is 12.4. The highest BCUT2D eigenvalue weighted by atomic mass is 16.5. The Morgan fingerprint density at radius 1 is 1.00 bits per heavy atom. The predicted octanol–water partition coefficient (Wildman–Crippen LogP) is 4.91. The Morgan fingerprint density at radius 2 is 1.58 bits per heavy atom. The van der Waals surface area contributed by atoms with Gasteiger partial charge in [-0.1, -0.05) is 48.5 Å². The van der Waals surface area contributed by atoms with Gasteiger partial charge < -0.3 is 4.74 Å². The molecule has 3 rings (SSSR count). The van der Waals surface area contributed by atoms with Crippen molar-refractivity contribution in [3.8, 4) is 16.9 Å². The van der Waals surface area contributed by atoms with E-state index < -0.39 is 11.6 Å². The summed E-state index contributed by atoms with van der Waals surface area (Å²) in [5.41, 5.74) is 2.21. The molecule has 0 N–H and O–H groups in total. The summed E-state index contributed by atoms with van der Waals surface area (Å²) in [5, 5.41) is 0. The number of aromatic nitrogens is 2. The fourth-order valence-corrected chi connectivity index (χ4v) is 2.80. The number of nitrogens with zero attached hydrogens (tertiary/aromatic N) is 3. The number of rotatable bonds is 3. The molecular weight excluding hydrogens is 326 g/mol. The standard InChI is InChI=1S/C21H23N3O2/c1-21(2,3)24(20(25)26-4)19-22-18(16-11-7-5-8-12-16)15-23(19)17-13-9-6-10-14-17/h5-15H,1-4H3. The second-order valence-electron chi connectivity index (χ2n) is 6.97. The Morgan fingerprint density at radius 3 is 2.12 bits per heavy atom. The molecule has 0 aliphatic heterocycles. The van der Waals surface area contributed by atoms with Gasteiger partial charge >= 0.3 is 6.09 Å². The zero-order valence-electron chi connectivity index (χ0n) is 15.5. The fraction of sp³-hybridized carbons (Fsp3) is 0.238. The predicted molar refractivity (Wildman–Crippen MR) is 104 cm³/mol. The summed E-state index contributed by atoms with van der Waals surface area (Å²) < 4.78 is 6.95. The lowest BCUT2D eigenvalue weighted by molar-refractivity contribution is 0.172. The first-order valence-corrected chi connectivity index (χ1v) is 8.50. The molecular formula is C21H23N3O2. The van der Waals surface area contributed by atoms with Crippen molar-refractivity contribution in [2.75, 3.05) is 12.0 Å². The molecule has 0 bridgehead atoms. The molecule has 1 amide bonds. The Kier molecular flexibility index (Phi) is 4.80. The molecule has 0 atom stereocenters. The van der Waals surface area contributed by atoms with Crippen LogP contribution in [0.4, 0.5) is 10.7 Å². The van der Waals surface area contributed by atoms with Gasteiger partial charge in [0.15, 0.2) is 0 Å². The quantitative estimate of drug-likeness (QED) is 0.675. The third kappa shape index (κ3) is 3.47. The van der Waals surface area contributed by atoms with Crippen molar-refractivity contribution >= 4 is 12.0 Å². The molecule has 0 spiro atoms. The molecule has 5 nitrogen and oxygen atoms in total. The van der Waals surface area contributed by atoms with Crippen molar-refractivity contribution in [1.29, 1.82) is 0 Å². The summed E-state index contributed by atoms with van der Waals surface area (Å²) in [6.45, 7) is 5.86. The molecule has 0 unspecified atom stereocenters. The van der Waals surface area contributed by atoms with Crippen LogP contribution in [0.1, 0.15) is 20.8 Å². The van der Waals surface area contributed by atoms with Crippen molar-refractivity contribution < 1.29 is 9.53 Å². The van der Waals surface area contributed by atoms with Gasteiger partial charge in [0.05, 0.1) is 12.8 Å². The van der Waals surface area contributed by atoms with E-state index in [4.69, 9.17) is 9.72 Å². The minimum Gasteiger partial charge on any atom is -0.452 e. The van der Waals surface area contributed by atoms with Gasteiger partial charge in [0, 0.05) is 23.0 Å². The highest BCUT2D eigenvalue weighted by molar-refractivity contribution is 5.88. The second-order valence-corrected chi connectivity index (χ2v) is 6.97. The lowest BCUT2D eigenvalue weighted by Crippen LogP contribution is -2.47. The van der Waals surface area contributed by atoms with Gasteiger partial charge in [0.1, 0.15) is 0 Å². The number of para-hydroxylation sites is 1. The van der Waals surface area contributed by atoms with Crippen LogP contribution in [0.15, 0.2) is 66.9 Å². The zero-order valence-corrected chi connectivity index (χ0v) is 15.5. The van der Waals surface area contributed by atoms with Crippen molar-refractivity contribution in [3.63, 3.8) is 0 Å². The third-order valence-corrected chi connectivity index (χ3v) is 4.02. The Hall–Kier alpha value is -3.08. The van der Waals surface area contributed by atoms with Crippen LogP contribution >= 0.6 is 0 Å². The van der Waals surface area contributed by atoms with Gasteiger partial charge in [-0.15, -0.1) is 0 Å². The maximum atomic E-state index is 12.5. The summed E-state index contributed by atoms with van der Waals surface area (Å²) in [7, 11) is 1.38. The lowest BCUT2D eigenvalue weighted by Gasteiger charge is -2.33. The van der Waals surface area contributed by atoms with E-state index >= 15 is 0 Å². The van der Waals surface area contributed by atoms with Gasteiger partial charge in [0.2, 0.25) is 5.95 Å². The average Bonchev–Trinajstić information content (AvgIpc) is 3.06. The molecule has 134 valence electrons. The average molecular weight is 349 g/mol. The van der Waals surface area contributed by atoms with Crippen molar-refractivity contribution in [1.82, 2.24) is 9.55 Å². The smallest absolute Gasteiger partial charge is 0.416 e. The number of hydrogen-bond donors (Lipinski definition) is 0. The molecule has 0 saturated heterocycles. The Balaban J connectivity index is 2.22. The maximum Gasteiger partial charge on any atom is 0.416 e. The largest absolute Gasteiger partial charge is 0.452 e. The van der Waals surface area contributed by atoms with Gasteiger partial charge in [-0.25, -0.2) is 14.7 Å². The lowest BCUT2D eigenvalue weighted by atomic mass is 10.1. The second kappa shape index (κ2) is 7.04. The van der Waals surface area contributed by atoms with Crippen molar-refractivity contribution in [2.45, 2.75) is 26.3 Å². The van der Waals surface area contributed by atoms with E-state index in [1.807, 2.05) is 92.2 Å². The highest BCUT2D eigenvalue weighted by Crippen LogP contribution is 2.30. The van der Waals surface area contributed by atoms with Crippen LogP contribution in [-0.4, -0.2) is 28.3 Å². The number of anilines is 1. The van der Waals surface area contributed by atoms with Crippen LogP contribution in [0.3, 0.4) is 0 Å². The Bertz CT molecular complexity index is 881. The molecule has 1 heterocycles. The summed E-state index contributed by atoms with van der Waals surface area (Å²) in [4.78, 5) is 18.9. The van der Waals surface area contributed by atoms with Gasteiger partial charge in [-0.2, -0.15) is 0 Å². The van der Waals surface area contributed by atoms with Crippen molar-refractivity contribution in [2.24, 2.45) is 0 Å². The molecule has 0 radical (unpaired) electrons. The molecule has 0 aliphatic carbocycles. The van der Waals surface area contributed by atoms with E-state index in [0.717, 1.165) is 16.9 Å². The van der Waals surface area contributed by atoms with E-state index in [9.17, 15) is 4.79 Å². The molecule has 26 heavy (non-hydrogen) atoms. The topological polar surface area (TPSA) is 47.4 Å². The summed E-state index contributed by atoms with van der Waals surface area (Å²) in [6, 6.07) is 19.8. The Labute approximate surface area is 153 Å². The van der Waals surface area contributed by atoms with E-state index in [-0.39, 0.29) is 0 Å². The normalized spacial score (nSPS) is 11.2. The van der Waals surface area contributed by atoms with E-state index in [1.54, 1.807) is 4.90 Å². The van der Waals surface area contributed by atoms with Crippen LogP contribution in [0.5, 0.6) is 0 Å². The maximum absolute atomic E-state index is 12.5. The first-order valence-electron chi connectivity index (χ1n) is 8.50. The molecule has 0 aliphatic rings. The number of carbonyl (C=O) groups excluding carboxylic acids is 1. The SMILES string of the molecule is COC(=O)N(c1nc(-c2ccccc2)cn1-c1ccccc1)C(C)(C)C. The number of benzene rings is 2. The highest BCUT2D eigenvalue weighted by Gasteiger charge is 2.33. The summed E-state index contributed by atoms with van der Waals surface area (Å²) in [5.74, 6) is 0.523. The van der Waals surface area contributed by atoms with Crippen molar-refractivity contribution in [3.05, 3.63) is 66.9 Å². The van der Waals surface area contributed by atoms with Gasteiger partial charge in [-0.3, -0.25) is 4.57 Å². The van der Waals surface area contributed by atoms with Crippen LogP contribution < -0.4 is 4.90 Å². The zero-order chi connectivity index (χ0) is 18.7. The molecule has 3 aromatic rings. The number of ether oxygens (including phenoxy) is 1.